The van der Waals surface area contributed by atoms with Crippen LogP contribution in [0.25, 0.3) is 0 Å². The molecule has 0 saturated carbocycles. The van der Waals surface area contributed by atoms with Crippen LogP contribution in [0.2, 0.25) is 0 Å². The molecule has 0 spiro atoms. The van der Waals surface area contributed by atoms with E-state index in [1.54, 1.807) is 0 Å². The van der Waals surface area contributed by atoms with Crippen molar-refractivity contribution in [2.75, 3.05) is 20.1 Å². The molecule has 0 amide bonds. The van der Waals surface area contributed by atoms with Gasteiger partial charge in [-0.2, -0.15) is 0 Å². The van der Waals surface area contributed by atoms with E-state index in [-0.39, 0.29) is 23.4 Å². The molecule has 0 unspecified atom stereocenters. The molecule has 2 aromatic carbocycles. The van der Waals surface area contributed by atoms with Crippen LogP contribution in [-0.4, -0.2) is 36.6 Å². The van der Waals surface area contributed by atoms with Crippen LogP contribution in [0.15, 0.2) is 60.7 Å². The number of rotatable bonds is 4. The minimum Gasteiger partial charge on any atom is -0.305 e. The highest BCUT2D eigenvalue weighted by molar-refractivity contribution is 6.05. The second-order valence-electron chi connectivity index (χ2n) is 5.89. The van der Waals surface area contributed by atoms with Crippen LogP contribution in [0.1, 0.15) is 20.7 Å². The fourth-order valence-electron chi connectivity index (χ4n) is 3.16. The van der Waals surface area contributed by atoms with Crippen molar-refractivity contribution in [2.24, 2.45) is 11.8 Å². The standard InChI is InChI=1S/C19H19NO2/c1-20-12-16(18(21)14-8-4-2-5-9-14)17(13-20)19(22)15-10-6-3-7-11-15/h2-11,16-17H,12-13H2,1H3/t16-,17+. The van der Waals surface area contributed by atoms with Gasteiger partial charge in [0.05, 0.1) is 0 Å². The molecular weight excluding hydrogens is 274 g/mol. The molecule has 0 bridgehead atoms. The molecule has 1 heterocycles. The van der Waals surface area contributed by atoms with E-state index >= 15 is 0 Å². The molecule has 0 N–H and O–H groups in total. The first-order chi connectivity index (χ1) is 10.7. The Bertz CT molecular complexity index is 607. The van der Waals surface area contributed by atoms with Crippen LogP contribution in [0, 0.1) is 11.8 Å². The van der Waals surface area contributed by atoms with Crippen LogP contribution in [0.3, 0.4) is 0 Å². The van der Waals surface area contributed by atoms with Crippen LogP contribution in [0.5, 0.6) is 0 Å². The molecule has 0 radical (unpaired) electrons. The summed E-state index contributed by atoms with van der Waals surface area (Å²) in [5.74, 6) is -0.390. The van der Waals surface area contributed by atoms with Crippen molar-refractivity contribution in [3.63, 3.8) is 0 Å². The first-order valence-corrected chi connectivity index (χ1v) is 7.54. The molecule has 112 valence electrons. The summed E-state index contributed by atoms with van der Waals surface area (Å²) in [6.45, 7) is 1.27. The van der Waals surface area contributed by atoms with Crippen molar-refractivity contribution in [1.29, 1.82) is 0 Å². The molecule has 1 aliphatic heterocycles. The zero-order chi connectivity index (χ0) is 15.5. The van der Waals surface area contributed by atoms with Crippen molar-refractivity contribution in [2.45, 2.75) is 0 Å². The molecule has 3 heteroatoms. The Morgan fingerprint density at radius 1 is 0.773 bits per heavy atom. The highest BCUT2D eigenvalue weighted by Crippen LogP contribution is 2.29. The zero-order valence-electron chi connectivity index (χ0n) is 12.6. The lowest BCUT2D eigenvalue weighted by atomic mass is 9.83. The van der Waals surface area contributed by atoms with Crippen molar-refractivity contribution in [3.8, 4) is 0 Å². The average molecular weight is 293 g/mol. The van der Waals surface area contributed by atoms with Gasteiger partial charge in [0.2, 0.25) is 0 Å². The lowest BCUT2D eigenvalue weighted by Crippen LogP contribution is -2.29. The fraction of sp³-hybridized carbons (Fsp3) is 0.263. The highest BCUT2D eigenvalue weighted by atomic mass is 16.1. The predicted molar refractivity (Wildman–Crippen MR) is 86.0 cm³/mol. The molecule has 0 aliphatic carbocycles. The van der Waals surface area contributed by atoms with Crippen molar-refractivity contribution < 1.29 is 9.59 Å². The normalized spacial score (nSPS) is 21.7. The van der Waals surface area contributed by atoms with Crippen LogP contribution in [0.4, 0.5) is 0 Å². The Kier molecular flexibility index (Phi) is 4.16. The largest absolute Gasteiger partial charge is 0.305 e. The maximum Gasteiger partial charge on any atom is 0.168 e. The van der Waals surface area contributed by atoms with E-state index in [9.17, 15) is 9.59 Å². The Labute approximate surface area is 130 Å². The van der Waals surface area contributed by atoms with E-state index in [4.69, 9.17) is 0 Å². The van der Waals surface area contributed by atoms with Crippen molar-refractivity contribution >= 4 is 11.6 Å². The van der Waals surface area contributed by atoms with E-state index in [1.165, 1.54) is 0 Å². The Morgan fingerprint density at radius 2 is 1.14 bits per heavy atom. The predicted octanol–water partition coefficient (Wildman–Crippen LogP) is 2.93. The summed E-state index contributed by atoms with van der Waals surface area (Å²) >= 11 is 0. The molecular formula is C19H19NO2. The minimum absolute atomic E-state index is 0.0687. The van der Waals surface area contributed by atoms with Crippen LogP contribution in [-0.2, 0) is 0 Å². The van der Waals surface area contributed by atoms with Gasteiger partial charge >= 0.3 is 0 Å². The van der Waals surface area contributed by atoms with Gasteiger partial charge in [0.1, 0.15) is 0 Å². The SMILES string of the molecule is CN1C[C@H](C(=O)c2ccccc2)[C@H](C(=O)c2ccccc2)C1. The van der Waals surface area contributed by atoms with Gasteiger partial charge < -0.3 is 4.90 Å². The zero-order valence-corrected chi connectivity index (χ0v) is 12.6. The minimum atomic E-state index is -0.264. The molecule has 2 aromatic rings. The van der Waals surface area contributed by atoms with Crippen LogP contribution < -0.4 is 0 Å². The van der Waals surface area contributed by atoms with Gasteiger partial charge in [0.15, 0.2) is 11.6 Å². The molecule has 3 rings (SSSR count). The Morgan fingerprint density at radius 3 is 1.50 bits per heavy atom. The van der Waals surface area contributed by atoms with Crippen molar-refractivity contribution in [1.82, 2.24) is 4.90 Å². The maximum atomic E-state index is 12.8. The first-order valence-electron chi connectivity index (χ1n) is 7.54. The molecule has 1 aliphatic rings. The summed E-state index contributed by atoms with van der Waals surface area (Å²) in [5, 5.41) is 0. The van der Waals surface area contributed by atoms with E-state index in [0.717, 1.165) is 0 Å². The summed E-state index contributed by atoms with van der Waals surface area (Å²) in [6.07, 6.45) is 0. The fourth-order valence-corrected chi connectivity index (χ4v) is 3.16. The van der Waals surface area contributed by atoms with Crippen LogP contribution >= 0.6 is 0 Å². The third-order valence-electron chi connectivity index (χ3n) is 4.29. The number of nitrogens with zero attached hydrogens (tertiary/aromatic N) is 1. The number of hydrogen-bond acceptors (Lipinski definition) is 3. The van der Waals surface area contributed by atoms with Gasteiger partial charge in [-0.05, 0) is 7.05 Å². The Balaban J connectivity index is 1.87. The number of benzene rings is 2. The second kappa shape index (κ2) is 6.24. The maximum absolute atomic E-state index is 12.8. The number of Topliss-reactive ketones (excluding diaryl/α,β-unsaturated/α-hetero) is 2. The Hall–Kier alpha value is -2.26. The topological polar surface area (TPSA) is 37.4 Å². The molecule has 0 aromatic heterocycles. The van der Waals surface area contributed by atoms with Gasteiger partial charge in [-0.15, -0.1) is 0 Å². The third-order valence-corrected chi connectivity index (χ3v) is 4.29. The smallest absolute Gasteiger partial charge is 0.168 e. The summed E-state index contributed by atoms with van der Waals surface area (Å²) in [7, 11) is 1.96. The number of ketones is 2. The summed E-state index contributed by atoms with van der Waals surface area (Å²) in [5.41, 5.74) is 1.38. The second-order valence-corrected chi connectivity index (χ2v) is 5.89. The van der Waals surface area contributed by atoms with Gasteiger partial charge in [0.25, 0.3) is 0 Å². The monoisotopic (exact) mass is 293 g/mol. The third kappa shape index (κ3) is 2.85. The number of carbonyl (C=O) groups excluding carboxylic acids is 2. The molecule has 3 nitrogen and oxygen atoms in total. The number of hydrogen-bond donors (Lipinski definition) is 0. The quantitative estimate of drug-likeness (QED) is 0.813. The average Bonchev–Trinajstić information content (AvgIpc) is 2.97. The van der Waals surface area contributed by atoms with E-state index in [2.05, 4.69) is 4.90 Å². The van der Waals surface area contributed by atoms with Gasteiger partial charge in [-0.25, -0.2) is 0 Å². The highest BCUT2D eigenvalue weighted by Gasteiger charge is 2.40. The lowest BCUT2D eigenvalue weighted by Gasteiger charge is -2.16. The molecule has 2 atom stereocenters. The molecule has 1 saturated heterocycles. The van der Waals surface area contributed by atoms with Gasteiger partial charge in [-0.3, -0.25) is 9.59 Å². The first kappa shape index (κ1) is 14.7. The van der Waals surface area contributed by atoms with Crippen molar-refractivity contribution in [3.05, 3.63) is 71.8 Å². The molecule has 22 heavy (non-hydrogen) atoms. The number of likely N-dealkylation sites (tertiary alicyclic amines) is 1. The molecule has 1 fully saturated rings. The van der Waals surface area contributed by atoms with E-state index in [0.29, 0.717) is 24.2 Å². The summed E-state index contributed by atoms with van der Waals surface area (Å²) in [4.78, 5) is 27.6. The number of carbonyl (C=O) groups is 2. The van der Waals surface area contributed by atoms with Gasteiger partial charge in [0, 0.05) is 36.1 Å². The summed E-state index contributed by atoms with van der Waals surface area (Å²) in [6, 6.07) is 18.5. The van der Waals surface area contributed by atoms with Gasteiger partial charge in [-0.1, -0.05) is 60.7 Å². The van der Waals surface area contributed by atoms with E-state index in [1.807, 2.05) is 67.7 Å². The summed E-state index contributed by atoms with van der Waals surface area (Å²) < 4.78 is 0. The van der Waals surface area contributed by atoms with E-state index < -0.39 is 0 Å². The lowest BCUT2D eigenvalue weighted by molar-refractivity contribution is 0.0809.